The molecule has 7 aromatic carbocycles. The number of nitrogens with zero attached hydrogens (tertiary/aromatic N) is 1. The van der Waals surface area contributed by atoms with Gasteiger partial charge in [-0.3, -0.25) is 0 Å². The van der Waals surface area contributed by atoms with Gasteiger partial charge in [-0.1, -0.05) is 197 Å². The minimum Gasteiger partial charge on any atom is -0.452 e. The Bertz CT molecular complexity index is 2090. The first-order valence-corrected chi connectivity index (χ1v) is 20.1. The highest BCUT2D eigenvalue weighted by Gasteiger charge is 2.26. The van der Waals surface area contributed by atoms with Gasteiger partial charge in [0.05, 0.1) is 12.4 Å². The molecule has 8 aromatic rings. The Kier molecular flexibility index (Phi) is 9.54. The summed E-state index contributed by atoms with van der Waals surface area (Å²) in [4.78, 5) is 0. The van der Waals surface area contributed by atoms with Gasteiger partial charge in [-0.15, -0.1) is 0 Å². The van der Waals surface area contributed by atoms with E-state index in [1.165, 1.54) is 31.1 Å². The van der Waals surface area contributed by atoms with E-state index in [-0.39, 0.29) is 0 Å². The van der Waals surface area contributed by atoms with E-state index in [0.717, 1.165) is 17.2 Å². The van der Waals surface area contributed by atoms with E-state index < -0.39 is 17.6 Å². The van der Waals surface area contributed by atoms with Crippen molar-refractivity contribution in [3.05, 3.63) is 213 Å². The van der Waals surface area contributed by atoms with Gasteiger partial charge in [0, 0.05) is 5.69 Å². The van der Waals surface area contributed by atoms with Crippen LogP contribution in [0.15, 0.2) is 213 Å². The van der Waals surface area contributed by atoms with Crippen molar-refractivity contribution in [1.29, 1.82) is 0 Å². The maximum Gasteiger partial charge on any atom is 0.187 e. The summed E-state index contributed by atoms with van der Waals surface area (Å²) in [5, 5.41) is 7.55. The Balaban J connectivity index is 1.23. The first-order valence-electron chi connectivity index (χ1n) is 17.1. The van der Waals surface area contributed by atoms with E-state index in [1.807, 2.05) is 42.7 Å². The molecule has 0 N–H and O–H groups in total. The highest BCUT2D eigenvalue weighted by Crippen LogP contribution is 2.36. The van der Waals surface area contributed by atoms with Gasteiger partial charge in [0.25, 0.3) is 0 Å². The zero-order valence-corrected chi connectivity index (χ0v) is 30.0. The van der Waals surface area contributed by atoms with Crippen molar-refractivity contribution in [2.45, 2.75) is 0 Å². The van der Waals surface area contributed by atoms with E-state index in [2.05, 4.69) is 174 Å². The van der Waals surface area contributed by atoms with Crippen molar-refractivity contribution in [2.24, 2.45) is 0 Å². The summed E-state index contributed by atoms with van der Waals surface area (Å²) in [5.74, 6) is 2.94. The third-order valence-electron chi connectivity index (χ3n) is 8.81. The number of para-hydroxylation sites is 3. The molecule has 0 unspecified atom stereocenters. The zero-order valence-electron chi connectivity index (χ0n) is 28.0. The molecule has 8 rings (SSSR count). The topological polar surface area (TPSA) is 23.4 Å². The summed E-state index contributed by atoms with van der Waals surface area (Å²) in [7, 11) is -2.78. The Hall–Kier alpha value is -6.15. The molecule has 0 saturated heterocycles. The summed E-state index contributed by atoms with van der Waals surface area (Å²) in [6.45, 7) is 0. The van der Waals surface area contributed by atoms with Crippen LogP contribution in [0.4, 0.5) is 0 Å². The van der Waals surface area contributed by atoms with E-state index in [0.29, 0.717) is 11.5 Å². The second kappa shape index (κ2) is 15.2. The molecule has 0 atom stereocenters. The first kappa shape index (κ1) is 32.1. The van der Waals surface area contributed by atoms with Crippen LogP contribution in [-0.4, -0.2) is 22.2 Å². The molecule has 0 amide bonds. The Morgan fingerprint density at radius 3 is 0.941 bits per heavy atom. The summed E-state index contributed by atoms with van der Waals surface area (Å²) < 4.78 is 16.1. The zero-order chi connectivity index (χ0) is 34.2. The normalized spacial score (nSPS) is 11.1. The molecule has 2 radical (unpaired) electrons. The molecule has 3 nitrogen and oxygen atoms in total. The molecule has 1 aromatic heterocycles. The fourth-order valence-corrected chi connectivity index (χ4v) is 11.8. The second-order valence-corrected chi connectivity index (χ2v) is 17.0. The molecule has 51 heavy (non-hydrogen) atoms. The van der Waals surface area contributed by atoms with Gasteiger partial charge < -0.3 is 14.0 Å². The maximum atomic E-state index is 7.00. The smallest absolute Gasteiger partial charge is 0.187 e. The predicted molar refractivity (Wildman–Crippen MR) is 214 cm³/mol. The van der Waals surface area contributed by atoms with Gasteiger partial charge in [-0.05, 0) is 34.6 Å². The molecule has 0 aliphatic rings. The van der Waals surface area contributed by atoms with Crippen LogP contribution in [0.2, 0.25) is 0 Å². The molecule has 0 bridgehead atoms. The van der Waals surface area contributed by atoms with Gasteiger partial charge in [-0.25, -0.2) is 0 Å². The lowest BCUT2D eigenvalue weighted by Crippen LogP contribution is -2.52. The molecular formula is C46H35NO2Si2. The number of rotatable bonds is 11. The van der Waals surface area contributed by atoms with Crippen LogP contribution >= 0.6 is 0 Å². The van der Waals surface area contributed by atoms with E-state index in [1.54, 1.807) is 0 Å². The lowest BCUT2D eigenvalue weighted by Gasteiger charge is -2.21. The van der Waals surface area contributed by atoms with Gasteiger partial charge in [0.1, 0.15) is 11.5 Å². The van der Waals surface area contributed by atoms with Crippen LogP contribution in [0.1, 0.15) is 0 Å². The number of benzene rings is 7. The van der Waals surface area contributed by atoms with Crippen LogP contribution in [0.25, 0.3) is 5.69 Å². The van der Waals surface area contributed by atoms with E-state index >= 15 is 0 Å². The quantitative estimate of drug-likeness (QED) is 0.107. The average Bonchev–Trinajstić information content (AvgIpc) is 3.60. The van der Waals surface area contributed by atoms with Crippen LogP contribution in [-0.2, 0) is 0 Å². The number of ether oxygens (including phenoxy) is 2. The van der Waals surface area contributed by atoms with Gasteiger partial charge in [0.15, 0.2) is 29.1 Å². The SMILES string of the molecule is c1ccc(-n2cc(Oc3ccccc3[Si](c3ccccc3)c3ccccc3)c(Oc3ccccc3[Si](c3ccccc3)c3ccccc3)c2)cc1. The Morgan fingerprint density at radius 2 is 0.588 bits per heavy atom. The number of aromatic nitrogens is 1. The summed E-state index contributed by atoms with van der Waals surface area (Å²) >= 11 is 0. The van der Waals surface area contributed by atoms with Crippen LogP contribution in [0.3, 0.4) is 0 Å². The van der Waals surface area contributed by atoms with Crippen LogP contribution in [0, 0.1) is 0 Å². The number of hydrogen-bond donors (Lipinski definition) is 0. The van der Waals surface area contributed by atoms with Crippen molar-refractivity contribution in [2.75, 3.05) is 0 Å². The molecule has 0 spiro atoms. The summed E-state index contributed by atoms with van der Waals surface area (Å²) in [6.07, 6.45) is 4.06. The summed E-state index contributed by atoms with van der Waals surface area (Å²) in [5.41, 5.74) is 1.02. The molecule has 0 saturated carbocycles. The number of hydrogen-bond acceptors (Lipinski definition) is 2. The van der Waals surface area contributed by atoms with E-state index in [4.69, 9.17) is 9.47 Å². The van der Waals surface area contributed by atoms with Gasteiger partial charge >= 0.3 is 0 Å². The van der Waals surface area contributed by atoms with Crippen LogP contribution in [0.5, 0.6) is 23.0 Å². The Morgan fingerprint density at radius 1 is 0.294 bits per heavy atom. The van der Waals surface area contributed by atoms with Gasteiger partial charge in [0.2, 0.25) is 0 Å². The molecule has 244 valence electrons. The average molecular weight is 690 g/mol. The standard InChI is InChI=1S/C46H35NO2Si2/c1-6-20-36(21-7-1)47-34-43(48-41-30-16-18-32-45(41)50(37-22-8-2-9-23-37)38-24-10-3-11-25-38)44(35-47)49-42-31-17-19-33-46(42)51(39-26-12-4-13-27-39)40-28-14-5-15-29-40/h1-35H. The predicted octanol–water partition coefficient (Wildman–Crippen LogP) is 7.09. The lowest BCUT2D eigenvalue weighted by molar-refractivity contribution is 0.426. The molecular weight excluding hydrogens is 655 g/mol. The molecule has 1 heterocycles. The fourth-order valence-electron chi connectivity index (χ4n) is 6.46. The molecule has 0 fully saturated rings. The second-order valence-electron chi connectivity index (χ2n) is 12.1. The van der Waals surface area contributed by atoms with Crippen molar-refractivity contribution < 1.29 is 9.47 Å². The molecule has 0 aliphatic carbocycles. The summed E-state index contributed by atoms with van der Waals surface area (Å²) in [6, 6.07) is 70.3. The minimum absolute atomic E-state index is 0.650. The Labute approximate surface area is 302 Å². The molecule has 5 heteroatoms. The van der Waals surface area contributed by atoms with Crippen molar-refractivity contribution in [3.63, 3.8) is 0 Å². The third kappa shape index (κ3) is 7.12. The van der Waals surface area contributed by atoms with Crippen molar-refractivity contribution >= 4 is 48.7 Å². The van der Waals surface area contributed by atoms with Gasteiger partial charge in [-0.2, -0.15) is 0 Å². The maximum absolute atomic E-state index is 7.00. The third-order valence-corrected chi connectivity index (χ3v) is 14.4. The first-order chi connectivity index (χ1) is 25.3. The highest BCUT2D eigenvalue weighted by atomic mass is 28.3. The largest absolute Gasteiger partial charge is 0.452 e. The van der Waals surface area contributed by atoms with E-state index in [9.17, 15) is 0 Å². The van der Waals surface area contributed by atoms with Crippen molar-refractivity contribution in [1.82, 2.24) is 4.57 Å². The monoisotopic (exact) mass is 689 g/mol. The highest BCUT2D eigenvalue weighted by molar-refractivity contribution is 6.96. The van der Waals surface area contributed by atoms with Crippen molar-refractivity contribution in [3.8, 4) is 28.7 Å². The minimum atomic E-state index is -1.39. The lowest BCUT2D eigenvalue weighted by atomic mass is 10.3. The fraction of sp³-hybridized carbons (Fsp3) is 0. The molecule has 0 aliphatic heterocycles. The van der Waals surface area contributed by atoms with Crippen LogP contribution < -0.4 is 40.6 Å².